The molecular weight excluding hydrogens is 223 g/mol. The first-order chi connectivity index (χ1) is 8.08. The van der Waals surface area contributed by atoms with Crippen molar-refractivity contribution in [2.75, 3.05) is 17.6 Å². The number of halogens is 1. The predicted molar refractivity (Wildman–Crippen MR) is 65.0 cm³/mol. The number of aromatic nitrogens is 2. The number of nitrogens with two attached hydrogens (primary N) is 1. The standard InChI is InChI=1S/C11H19FN4O/c1-3-7(4-2)9(17)6-14-10-8(12)5-15-11(13)16-10/h5,7,9,17H,3-4,6H2,1-2H3,(H3,13,14,15,16). The summed E-state index contributed by atoms with van der Waals surface area (Å²) in [5, 5.41) is 12.6. The third-order valence-corrected chi connectivity index (χ3v) is 2.83. The molecule has 0 aliphatic carbocycles. The Kier molecular flexibility index (Phi) is 5.09. The molecule has 5 nitrogen and oxygen atoms in total. The van der Waals surface area contributed by atoms with Crippen molar-refractivity contribution in [3.8, 4) is 0 Å². The second kappa shape index (κ2) is 6.34. The lowest BCUT2D eigenvalue weighted by Gasteiger charge is -2.20. The molecule has 0 saturated carbocycles. The maximum absolute atomic E-state index is 13.3. The van der Waals surface area contributed by atoms with Gasteiger partial charge in [0.25, 0.3) is 0 Å². The summed E-state index contributed by atoms with van der Waals surface area (Å²) in [4.78, 5) is 7.25. The third-order valence-electron chi connectivity index (χ3n) is 2.83. The average Bonchev–Trinajstić information content (AvgIpc) is 2.32. The Morgan fingerprint density at radius 3 is 2.71 bits per heavy atom. The van der Waals surface area contributed by atoms with E-state index in [-0.39, 0.29) is 24.2 Å². The van der Waals surface area contributed by atoms with Gasteiger partial charge in [-0.2, -0.15) is 4.98 Å². The smallest absolute Gasteiger partial charge is 0.222 e. The fourth-order valence-corrected chi connectivity index (χ4v) is 1.71. The van der Waals surface area contributed by atoms with Crippen molar-refractivity contribution in [2.24, 2.45) is 5.92 Å². The van der Waals surface area contributed by atoms with Crippen LogP contribution < -0.4 is 11.1 Å². The zero-order valence-electron chi connectivity index (χ0n) is 10.2. The fourth-order valence-electron chi connectivity index (χ4n) is 1.71. The maximum atomic E-state index is 13.3. The summed E-state index contributed by atoms with van der Waals surface area (Å²) in [5.41, 5.74) is 5.35. The SMILES string of the molecule is CCC(CC)C(O)CNc1nc(N)ncc1F. The van der Waals surface area contributed by atoms with Gasteiger partial charge in [0.05, 0.1) is 12.3 Å². The number of rotatable bonds is 6. The summed E-state index contributed by atoms with van der Waals surface area (Å²) in [7, 11) is 0. The van der Waals surface area contributed by atoms with Gasteiger partial charge >= 0.3 is 0 Å². The molecule has 0 amide bonds. The molecule has 0 aromatic carbocycles. The van der Waals surface area contributed by atoms with E-state index >= 15 is 0 Å². The van der Waals surface area contributed by atoms with Crippen molar-refractivity contribution in [3.05, 3.63) is 12.0 Å². The summed E-state index contributed by atoms with van der Waals surface area (Å²) < 4.78 is 13.3. The van der Waals surface area contributed by atoms with E-state index < -0.39 is 11.9 Å². The molecule has 0 fully saturated rings. The first-order valence-corrected chi connectivity index (χ1v) is 5.78. The van der Waals surface area contributed by atoms with Crippen molar-refractivity contribution in [3.63, 3.8) is 0 Å². The van der Waals surface area contributed by atoms with Crippen LogP contribution in [0.3, 0.4) is 0 Å². The zero-order chi connectivity index (χ0) is 12.8. The molecule has 1 rings (SSSR count). The lowest BCUT2D eigenvalue weighted by molar-refractivity contribution is 0.114. The summed E-state index contributed by atoms with van der Waals surface area (Å²) in [5.74, 6) is -0.339. The van der Waals surface area contributed by atoms with Crippen molar-refractivity contribution >= 4 is 11.8 Å². The van der Waals surface area contributed by atoms with Crippen LogP contribution in [0.25, 0.3) is 0 Å². The maximum Gasteiger partial charge on any atom is 0.222 e. The van der Waals surface area contributed by atoms with Crippen LogP contribution in [0.1, 0.15) is 26.7 Å². The van der Waals surface area contributed by atoms with E-state index in [4.69, 9.17) is 5.73 Å². The van der Waals surface area contributed by atoms with E-state index in [0.717, 1.165) is 19.0 Å². The summed E-state index contributed by atoms with van der Waals surface area (Å²) >= 11 is 0. The van der Waals surface area contributed by atoms with Gasteiger partial charge in [-0.25, -0.2) is 9.37 Å². The molecule has 96 valence electrons. The quantitative estimate of drug-likeness (QED) is 0.702. The van der Waals surface area contributed by atoms with Crippen molar-refractivity contribution < 1.29 is 9.50 Å². The predicted octanol–water partition coefficient (Wildman–Crippen LogP) is 1.41. The molecule has 0 aliphatic heterocycles. The number of aliphatic hydroxyl groups excluding tert-OH is 1. The minimum absolute atomic E-state index is 0.00548. The lowest BCUT2D eigenvalue weighted by atomic mass is 9.97. The van der Waals surface area contributed by atoms with E-state index in [1.807, 2.05) is 13.8 Å². The van der Waals surface area contributed by atoms with Crippen molar-refractivity contribution in [1.82, 2.24) is 9.97 Å². The van der Waals surface area contributed by atoms with Crippen LogP contribution in [-0.2, 0) is 0 Å². The fraction of sp³-hybridized carbons (Fsp3) is 0.636. The van der Waals surface area contributed by atoms with Gasteiger partial charge in [-0.05, 0) is 5.92 Å². The third kappa shape index (κ3) is 3.81. The second-order valence-corrected chi connectivity index (χ2v) is 3.95. The molecule has 0 spiro atoms. The molecule has 1 heterocycles. The van der Waals surface area contributed by atoms with Gasteiger partial charge in [-0.15, -0.1) is 0 Å². The molecular formula is C11H19FN4O. The highest BCUT2D eigenvalue weighted by atomic mass is 19.1. The number of hydrogen-bond donors (Lipinski definition) is 3. The normalized spacial score (nSPS) is 12.8. The highest BCUT2D eigenvalue weighted by molar-refractivity contribution is 5.39. The molecule has 0 bridgehead atoms. The van der Waals surface area contributed by atoms with Crippen LogP contribution in [0.4, 0.5) is 16.2 Å². The Bertz CT molecular complexity index is 357. The Labute approximate surface area is 100 Å². The number of hydrogen-bond acceptors (Lipinski definition) is 5. The van der Waals surface area contributed by atoms with Crippen molar-refractivity contribution in [1.29, 1.82) is 0 Å². The largest absolute Gasteiger partial charge is 0.391 e. The molecule has 6 heteroatoms. The van der Waals surface area contributed by atoms with Crippen LogP contribution in [0.2, 0.25) is 0 Å². The molecule has 17 heavy (non-hydrogen) atoms. The first-order valence-electron chi connectivity index (χ1n) is 5.78. The number of anilines is 2. The van der Waals surface area contributed by atoms with Crippen LogP contribution >= 0.6 is 0 Å². The Morgan fingerprint density at radius 1 is 1.47 bits per heavy atom. The minimum atomic E-state index is -0.573. The Morgan fingerprint density at radius 2 is 2.12 bits per heavy atom. The molecule has 0 saturated heterocycles. The molecule has 1 atom stereocenters. The van der Waals surface area contributed by atoms with Crippen LogP contribution in [-0.4, -0.2) is 27.7 Å². The molecule has 1 aromatic heterocycles. The minimum Gasteiger partial charge on any atom is -0.391 e. The van der Waals surface area contributed by atoms with Gasteiger partial charge < -0.3 is 16.2 Å². The molecule has 0 radical (unpaired) electrons. The van der Waals surface area contributed by atoms with Crippen LogP contribution in [0, 0.1) is 11.7 Å². The van der Waals surface area contributed by atoms with E-state index in [9.17, 15) is 9.50 Å². The second-order valence-electron chi connectivity index (χ2n) is 3.95. The molecule has 1 aromatic rings. The number of aliphatic hydroxyl groups is 1. The van der Waals surface area contributed by atoms with Gasteiger partial charge in [0.15, 0.2) is 11.6 Å². The Hall–Kier alpha value is -1.43. The average molecular weight is 242 g/mol. The number of nitrogen functional groups attached to an aromatic ring is 1. The van der Waals surface area contributed by atoms with Gasteiger partial charge in [-0.1, -0.05) is 26.7 Å². The van der Waals surface area contributed by atoms with Crippen LogP contribution in [0.5, 0.6) is 0 Å². The first kappa shape index (κ1) is 13.6. The molecule has 1 unspecified atom stereocenters. The van der Waals surface area contributed by atoms with Crippen LogP contribution in [0.15, 0.2) is 6.20 Å². The highest BCUT2D eigenvalue weighted by Gasteiger charge is 2.16. The molecule has 0 aliphatic rings. The zero-order valence-corrected chi connectivity index (χ0v) is 10.2. The Balaban J connectivity index is 2.57. The highest BCUT2D eigenvalue weighted by Crippen LogP contribution is 2.15. The van der Waals surface area contributed by atoms with E-state index in [1.54, 1.807) is 0 Å². The summed E-state index contributed by atoms with van der Waals surface area (Å²) in [6.45, 7) is 4.28. The van der Waals surface area contributed by atoms with E-state index in [1.165, 1.54) is 0 Å². The summed E-state index contributed by atoms with van der Waals surface area (Å²) in [6.07, 6.45) is 2.25. The van der Waals surface area contributed by atoms with Gasteiger partial charge in [0.2, 0.25) is 5.95 Å². The number of nitrogens with zero attached hydrogens (tertiary/aromatic N) is 2. The van der Waals surface area contributed by atoms with Gasteiger partial charge in [0, 0.05) is 6.54 Å². The summed E-state index contributed by atoms with van der Waals surface area (Å²) in [6, 6.07) is 0. The lowest BCUT2D eigenvalue weighted by Crippen LogP contribution is -2.28. The van der Waals surface area contributed by atoms with E-state index in [0.29, 0.717) is 0 Å². The van der Waals surface area contributed by atoms with E-state index in [2.05, 4.69) is 15.3 Å². The monoisotopic (exact) mass is 242 g/mol. The van der Waals surface area contributed by atoms with Gasteiger partial charge in [0.1, 0.15) is 0 Å². The van der Waals surface area contributed by atoms with Crippen molar-refractivity contribution in [2.45, 2.75) is 32.8 Å². The van der Waals surface area contributed by atoms with Gasteiger partial charge in [-0.3, -0.25) is 0 Å². The number of nitrogens with one attached hydrogen (secondary N) is 1. The molecule has 4 N–H and O–H groups in total. The topological polar surface area (TPSA) is 84.1 Å².